The Bertz CT molecular complexity index is 1360. The van der Waals surface area contributed by atoms with Crippen LogP contribution in [0.3, 0.4) is 0 Å². The summed E-state index contributed by atoms with van der Waals surface area (Å²) in [6.45, 7) is 7.58. The van der Waals surface area contributed by atoms with Gasteiger partial charge in [-0.25, -0.2) is 18.0 Å². The molecular weight excluding hydrogens is 607 g/mol. The Morgan fingerprint density at radius 2 is 1.83 bits per heavy atom. The summed E-state index contributed by atoms with van der Waals surface area (Å²) >= 11 is 3.00. The van der Waals surface area contributed by atoms with Gasteiger partial charge < -0.3 is 19.1 Å². The molecule has 3 unspecified atom stereocenters. The highest BCUT2D eigenvalue weighted by Gasteiger charge is 2.50. The average Bonchev–Trinajstić information content (AvgIpc) is 3.52. The Hall–Kier alpha value is -2.54. The molecule has 2 bridgehead atoms. The van der Waals surface area contributed by atoms with Gasteiger partial charge in [-0.3, -0.25) is 9.80 Å². The van der Waals surface area contributed by atoms with Crippen molar-refractivity contribution in [1.29, 1.82) is 0 Å². The lowest BCUT2D eigenvalue weighted by molar-refractivity contribution is 0.0122. The number of carbonyl (C=O) groups excluding carboxylic acids is 1. The van der Waals surface area contributed by atoms with E-state index in [1.54, 1.807) is 4.90 Å². The molecule has 4 fully saturated rings. The number of fused-ring (bicyclic) bond motifs is 4. The van der Waals surface area contributed by atoms with Crippen LogP contribution >= 0.6 is 15.9 Å². The molecule has 2 aromatic rings. The summed E-state index contributed by atoms with van der Waals surface area (Å²) in [5, 5.41) is 0.0912. The summed E-state index contributed by atoms with van der Waals surface area (Å²) in [6, 6.07) is -0.405. The molecule has 4 aliphatic heterocycles. The Balaban J connectivity index is 1.37. The molecule has 5 heterocycles. The van der Waals surface area contributed by atoms with Gasteiger partial charge in [-0.1, -0.05) is 0 Å². The highest BCUT2D eigenvalue weighted by molar-refractivity contribution is 9.10. The predicted molar refractivity (Wildman–Crippen MR) is 149 cm³/mol. The molecule has 41 heavy (non-hydrogen) atoms. The topological polar surface area (TPSA) is 80.3 Å². The molecule has 1 aromatic carbocycles. The number of anilines is 1. The number of halogens is 4. The van der Waals surface area contributed by atoms with Crippen LogP contribution in [0.5, 0.6) is 11.8 Å². The van der Waals surface area contributed by atoms with Crippen LogP contribution in [-0.2, 0) is 4.74 Å². The molecule has 4 saturated heterocycles. The number of aromatic nitrogens is 2. The van der Waals surface area contributed by atoms with E-state index in [9.17, 15) is 9.18 Å². The Morgan fingerprint density at radius 1 is 1.12 bits per heavy atom. The van der Waals surface area contributed by atoms with E-state index in [0.717, 1.165) is 32.2 Å². The van der Waals surface area contributed by atoms with Crippen molar-refractivity contribution in [2.45, 2.75) is 82.3 Å². The predicted octanol–water partition coefficient (Wildman–Crippen LogP) is 5.22. The fourth-order valence-corrected chi connectivity index (χ4v) is 7.40. The third-order valence-electron chi connectivity index (χ3n) is 8.71. The highest BCUT2D eigenvalue weighted by atomic mass is 79.9. The molecule has 4 aliphatic rings. The summed E-state index contributed by atoms with van der Waals surface area (Å²) in [5.41, 5.74) is -1.22. The van der Waals surface area contributed by atoms with Crippen molar-refractivity contribution in [2.75, 3.05) is 44.8 Å². The zero-order valence-corrected chi connectivity index (χ0v) is 25.3. The van der Waals surface area contributed by atoms with Crippen LogP contribution < -0.4 is 14.4 Å². The molecule has 0 aliphatic carbocycles. The van der Waals surface area contributed by atoms with Crippen LogP contribution in [0.1, 0.15) is 52.9 Å². The number of piperazine rings is 1. The van der Waals surface area contributed by atoms with Crippen molar-refractivity contribution < 1.29 is 32.2 Å². The fourth-order valence-electron chi connectivity index (χ4n) is 7.03. The van der Waals surface area contributed by atoms with Gasteiger partial charge in [-0.15, -0.1) is 0 Å². The number of alkyl halides is 1. The monoisotopic (exact) mass is 641 g/mol. The van der Waals surface area contributed by atoms with Crippen LogP contribution in [0, 0.1) is 11.6 Å². The SMILES string of the molecule is COc1c(F)c(Br)c(F)c2nc(OCC34CCCN3C[C@H](F)C4)nc(N3CC4CCC(C3)N4C(=O)OC(C)(C)C)c12. The van der Waals surface area contributed by atoms with E-state index in [2.05, 4.69) is 30.8 Å². The summed E-state index contributed by atoms with van der Waals surface area (Å²) in [4.78, 5) is 27.9. The number of ether oxygens (including phenoxy) is 3. The maximum atomic E-state index is 15.6. The second kappa shape index (κ2) is 10.3. The van der Waals surface area contributed by atoms with Gasteiger partial charge in [-0.05, 0) is 68.9 Å². The molecule has 0 radical (unpaired) electrons. The fraction of sp³-hybridized carbons (Fsp3) is 0.679. The second-order valence-electron chi connectivity index (χ2n) is 12.6. The van der Waals surface area contributed by atoms with Crippen molar-refractivity contribution in [2.24, 2.45) is 0 Å². The second-order valence-corrected chi connectivity index (χ2v) is 13.4. The molecule has 1 amide bonds. The molecule has 1 aromatic heterocycles. The zero-order chi connectivity index (χ0) is 29.3. The number of benzene rings is 1. The van der Waals surface area contributed by atoms with Crippen molar-refractivity contribution >= 4 is 38.7 Å². The van der Waals surface area contributed by atoms with E-state index in [1.807, 2.05) is 25.7 Å². The van der Waals surface area contributed by atoms with Gasteiger partial charge in [0.15, 0.2) is 17.4 Å². The van der Waals surface area contributed by atoms with E-state index in [0.29, 0.717) is 26.1 Å². The maximum absolute atomic E-state index is 15.6. The van der Waals surface area contributed by atoms with E-state index in [1.165, 1.54) is 7.11 Å². The molecule has 9 nitrogen and oxygen atoms in total. The minimum absolute atomic E-state index is 0.0718. The van der Waals surface area contributed by atoms with Crippen molar-refractivity contribution in [3.05, 3.63) is 16.1 Å². The van der Waals surface area contributed by atoms with Gasteiger partial charge in [0, 0.05) is 26.1 Å². The van der Waals surface area contributed by atoms with Gasteiger partial charge in [0.05, 0.1) is 34.6 Å². The summed E-state index contributed by atoms with van der Waals surface area (Å²) < 4.78 is 61.9. The van der Waals surface area contributed by atoms with Gasteiger partial charge in [0.2, 0.25) is 0 Å². The third kappa shape index (κ3) is 4.96. The van der Waals surface area contributed by atoms with E-state index in [-0.39, 0.29) is 53.3 Å². The largest absolute Gasteiger partial charge is 0.493 e. The number of rotatable bonds is 5. The number of carbonyl (C=O) groups is 1. The molecule has 4 atom stereocenters. The van der Waals surface area contributed by atoms with E-state index in [4.69, 9.17) is 14.2 Å². The lowest BCUT2D eigenvalue weighted by Crippen LogP contribution is -2.57. The number of nitrogens with zero attached hydrogens (tertiary/aromatic N) is 5. The summed E-state index contributed by atoms with van der Waals surface area (Å²) in [5.74, 6) is -1.71. The van der Waals surface area contributed by atoms with E-state index < -0.39 is 33.4 Å². The molecule has 6 rings (SSSR count). The smallest absolute Gasteiger partial charge is 0.410 e. The van der Waals surface area contributed by atoms with Crippen LogP contribution in [0.15, 0.2) is 4.47 Å². The van der Waals surface area contributed by atoms with Crippen molar-refractivity contribution in [3.8, 4) is 11.8 Å². The molecule has 13 heteroatoms. The van der Waals surface area contributed by atoms with Gasteiger partial charge in [0.1, 0.15) is 29.7 Å². The molecule has 224 valence electrons. The molecule has 0 spiro atoms. The van der Waals surface area contributed by atoms with Crippen LogP contribution in [-0.4, -0.2) is 95.2 Å². The normalized spacial score (nSPS) is 28.0. The minimum Gasteiger partial charge on any atom is -0.493 e. The minimum atomic E-state index is -0.927. The first kappa shape index (κ1) is 28.6. The first-order valence-corrected chi connectivity index (χ1v) is 14.9. The van der Waals surface area contributed by atoms with E-state index >= 15 is 8.78 Å². The Labute approximate surface area is 245 Å². The highest BCUT2D eigenvalue weighted by Crippen LogP contribution is 2.44. The zero-order valence-electron chi connectivity index (χ0n) is 23.7. The standard InChI is InChI=1S/C28H35BrF3N5O4/c1-27(2,3)41-26(38)37-16-6-7-17(37)13-35(12-16)24-18-22(20(31)19(29)21(32)23(18)39-4)33-25(34-24)40-14-28-8-5-9-36(28)11-15(30)10-28/h15-17H,5-14H2,1-4H3/t15-,16?,17?,28?/m1/s1. The van der Waals surface area contributed by atoms with Crippen molar-refractivity contribution in [3.63, 3.8) is 0 Å². The molecule has 0 saturated carbocycles. The Morgan fingerprint density at radius 3 is 2.49 bits per heavy atom. The van der Waals surface area contributed by atoms with Crippen LogP contribution in [0.2, 0.25) is 0 Å². The third-order valence-corrected chi connectivity index (χ3v) is 9.41. The van der Waals surface area contributed by atoms with Gasteiger partial charge in [0.25, 0.3) is 0 Å². The lowest BCUT2D eigenvalue weighted by atomic mass is 9.95. The first-order chi connectivity index (χ1) is 19.4. The van der Waals surface area contributed by atoms with Gasteiger partial charge in [-0.2, -0.15) is 9.97 Å². The molecule has 0 N–H and O–H groups in total. The number of hydrogen-bond acceptors (Lipinski definition) is 8. The van der Waals surface area contributed by atoms with Crippen LogP contribution in [0.4, 0.5) is 23.8 Å². The Kier molecular flexibility index (Phi) is 7.19. The van der Waals surface area contributed by atoms with Gasteiger partial charge >= 0.3 is 12.1 Å². The van der Waals surface area contributed by atoms with Crippen LogP contribution in [0.25, 0.3) is 10.9 Å². The lowest BCUT2D eigenvalue weighted by Gasteiger charge is -2.42. The number of methoxy groups -OCH3 is 1. The van der Waals surface area contributed by atoms with Crippen molar-refractivity contribution in [1.82, 2.24) is 19.8 Å². The summed E-state index contributed by atoms with van der Waals surface area (Å²) in [6.07, 6.45) is 2.34. The molecular formula is C28H35BrF3N5O4. The first-order valence-electron chi connectivity index (χ1n) is 14.1. The number of hydrogen-bond donors (Lipinski definition) is 0. The number of amides is 1. The average molecular weight is 643 g/mol. The summed E-state index contributed by atoms with van der Waals surface area (Å²) in [7, 11) is 1.31. The maximum Gasteiger partial charge on any atom is 0.410 e. The quantitative estimate of drug-likeness (QED) is 0.411.